The Bertz CT molecular complexity index is 1170. The number of nitrogens with zero attached hydrogens (tertiary/aromatic N) is 1. The molecule has 2 N–H and O–H groups in total. The van der Waals surface area contributed by atoms with E-state index in [4.69, 9.17) is 9.47 Å². The fourth-order valence-corrected chi connectivity index (χ4v) is 4.92. The number of carboxylic acids is 1. The zero-order valence-electron chi connectivity index (χ0n) is 25.5. The number of amides is 2. The maximum absolute atomic E-state index is 13.3. The van der Waals surface area contributed by atoms with Crippen LogP contribution in [-0.4, -0.2) is 70.8 Å². The van der Waals surface area contributed by atoms with Crippen LogP contribution < -0.4 is 24.2 Å². The van der Waals surface area contributed by atoms with Crippen LogP contribution in [0.2, 0.25) is 0 Å². The van der Waals surface area contributed by atoms with Crippen LogP contribution in [0, 0.1) is 6.92 Å². The first-order valence-corrected chi connectivity index (χ1v) is 14.7. The third-order valence-corrected chi connectivity index (χ3v) is 7.20. The van der Waals surface area contributed by atoms with Gasteiger partial charge < -0.3 is 26.2 Å². The average molecular weight is 565 g/mol. The van der Waals surface area contributed by atoms with E-state index in [1.54, 1.807) is 22.7 Å². The maximum Gasteiger partial charge on any atom is 1.00 e. The average Bonchev–Trinajstić information content (AvgIpc) is 2.89. The quantitative estimate of drug-likeness (QED) is 0.428. The monoisotopic (exact) mass is 564 g/mol. The molecule has 0 bridgehead atoms. The number of aryl methyl sites for hydroxylation is 1. The van der Waals surface area contributed by atoms with Crippen LogP contribution in [0.25, 0.3) is 11.1 Å². The summed E-state index contributed by atoms with van der Waals surface area (Å²) in [6.45, 7) is 9.08. The standard InChI is InChI=1S/C30H40N2O6S.Li.H/c1-20-8-6-7-9-23(20)25-18-21(10-11-24(25)27(33)31-26(28(34)35)14-17-39-5)19-37-22-12-15-32(16-13-22)29(36)38-30(2,3)4;;/h6-11,18,22,26H,12-17,19H2,1-5H3,(H,31,33)(H,34,35);;/q;+1;-1. The summed E-state index contributed by atoms with van der Waals surface area (Å²) >= 11 is 1.54. The molecule has 1 saturated heterocycles. The molecule has 1 unspecified atom stereocenters. The van der Waals surface area contributed by atoms with Gasteiger partial charge in [-0.1, -0.05) is 30.3 Å². The number of benzene rings is 2. The van der Waals surface area contributed by atoms with Gasteiger partial charge in [0, 0.05) is 18.7 Å². The molecular weight excluding hydrogens is 523 g/mol. The zero-order chi connectivity index (χ0) is 28.6. The Balaban J connectivity index is 0.00000420. The third-order valence-electron chi connectivity index (χ3n) is 6.56. The van der Waals surface area contributed by atoms with E-state index in [9.17, 15) is 19.5 Å². The SMILES string of the molecule is CSCCC(NC(=O)c1ccc(COC2CCN(C(=O)OC(C)(C)C)CC2)cc1-c1ccccc1C)C(=O)O.[H-].[Li+]. The number of nitrogens with one attached hydrogen (secondary N) is 1. The van der Waals surface area contributed by atoms with E-state index in [1.807, 2.05) is 70.3 Å². The molecule has 8 nitrogen and oxygen atoms in total. The van der Waals surface area contributed by atoms with Crippen molar-refractivity contribution in [2.24, 2.45) is 0 Å². The molecule has 214 valence electrons. The molecule has 1 aliphatic heterocycles. The second-order valence-electron chi connectivity index (χ2n) is 10.8. The predicted octanol–water partition coefficient (Wildman–Crippen LogP) is 2.63. The Kier molecular flexibility index (Phi) is 13.1. The van der Waals surface area contributed by atoms with Crippen LogP contribution in [0.3, 0.4) is 0 Å². The van der Waals surface area contributed by atoms with Crippen LogP contribution in [-0.2, 0) is 20.9 Å². The van der Waals surface area contributed by atoms with E-state index in [0.717, 1.165) is 35.1 Å². The van der Waals surface area contributed by atoms with Crippen molar-refractivity contribution in [3.63, 3.8) is 0 Å². The minimum absolute atomic E-state index is 0. The van der Waals surface area contributed by atoms with Crippen LogP contribution >= 0.6 is 11.8 Å². The first kappa shape index (κ1) is 33.8. The molecule has 1 atom stereocenters. The number of carbonyl (C=O) groups excluding carboxylic acids is 2. The molecule has 10 heteroatoms. The van der Waals surface area contributed by atoms with Crippen molar-refractivity contribution < 1.29 is 49.3 Å². The summed E-state index contributed by atoms with van der Waals surface area (Å²) in [5.41, 5.74) is 3.47. The Morgan fingerprint density at radius 3 is 2.40 bits per heavy atom. The van der Waals surface area contributed by atoms with Crippen LogP contribution in [0.4, 0.5) is 4.79 Å². The summed E-state index contributed by atoms with van der Waals surface area (Å²) in [6, 6.07) is 12.4. The van der Waals surface area contributed by atoms with Gasteiger partial charge >= 0.3 is 30.9 Å². The van der Waals surface area contributed by atoms with Crippen molar-refractivity contribution in [2.75, 3.05) is 25.1 Å². The summed E-state index contributed by atoms with van der Waals surface area (Å²) in [7, 11) is 0. The molecule has 3 rings (SSSR count). The smallest absolute Gasteiger partial charge is 1.00 e. The Morgan fingerprint density at radius 1 is 1.12 bits per heavy atom. The fraction of sp³-hybridized carbons (Fsp3) is 0.500. The number of likely N-dealkylation sites (tertiary alicyclic amines) is 1. The normalized spacial score (nSPS) is 14.7. The van der Waals surface area contributed by atoms with E-state index >= 15 is 0 Å². The van der Waals surface area contributed by atoms with Crippen molar-refractivity contribution in [3.8, 4) is 11.1 Å². The van der Waals surface area contributed by atoms with Gasteiger partial charge in [-0.25, -0.2) is 9.59 Å². The van der Waals surface area contributed by atoms with Crippen molar-refractivity contribution >= 4 is 29.7 Å². The molecule has 0 aromatic heterocycles. The first-order chi connectivity index (χ1) is 18.5. The zero-order valence-corrected chi connectivity index (χ0v) is 25.3. The van der Waals surface area contributed by atoms with Gasteiger partial charge in [-0.15, -0.1) is 0 Å². The number of hydrogen-bond donors (Lipinski definition) is 2. The predicted molar refractivity (Wildman–Crippen MR) is 155 cm³/mol. The fourth-order valence-electron chi connectivity index (χ4n) is 4.45. The second-order valence-corrected chi connectivity index (χ2v) is 11.8. The van der Waals surface area contributed by atoms with Crippen LogP contribution in [0.5, 0.6) is 0 Å². The molecule has 40 heavy (non-hydrogen) atoms. The summed E-state index contributed by atoms with van der Waals surface area (Å²) < 4.78 is 11.7. The maximum atomic E-state index is 13.3. The van der Waals surface area contributed by atoms with Crippen LogP contribution in [0.1, 0.15) is 62.9 Å². The van der Waals surface area contributed by atoms with Gasteiger partial charge in [-0.3, -0.25) is 4.79 Å². The summed E-state index contributed by atoms with van der Waals surface area (Å²) in [6.07, 6.45) is 3.41. The van der Waals surface area contributed by atoms with Crippen molar-refractivity contribution in [1.82, 2.24) is 10.2 Å². The molecule has 2 aromatic carbocycles. The van der Waals surface area contributed by atoms with Gasteiger partial charge in [0.2, 0.25) is 0 Å². The summed E-state index contributed by atoms with van der Waals surface area (Å²) in [4.78, 5) is 39.0. The molecule has 0 radical (unpaired) electrons. The van der Waals surface area contributed by atoms with E-state index in [0.29, 0.717) is 37.4 Å². The molecule has 0 saturated carbocycles. The van der Waals surface area contributed by atoms with Gasteiger partial charge in [0.05, 0.1) is 12.7 Å². The van der Waals surface area contributed by atoms with E-state index in [1.165, 1.54) is 0 Å². The van der Waals surface area contributed by atoms with Gasteiger partial charge in [-0.2, -0.15) is 11.8 Å². The molecule has 1 aliphatic rings. The number of hydrogen-bond acceptors (Lipinski definition) is 6. The third kappa shape index (κ3) is 9.88. The minimum atomic E-state index is -1.04. The van der Waals surface area contributed by atoms with E-state index < -0.39 is 23.5 Å². The number of carbonyl (C=O) groups is 3. The van der Waals surface area contributed by atoms with E-state index in [2.05, 4.69) is 5.32 Å². The number of ether oxygens (including phenoxy) is 2. The van der Waals surface area contributed by atoms with Crippen molar-refractivity contribution in [1.29, 1.82) is 0 Å². The number of rotatable bonds is 10. The molecular formula is C30H41LiN2O6S. The number of carboxylic acid groups (broad SMARTS) is 1. The number of thioether (sulfide) groups is 1. The Morgan fingerprint density at radius 2 is 1.80 bits per heavy atom. The van der Waals surface area contributed by atoms with Crippen molar-refractivity contribution in [2.45, 2.75) is 71.3 Å². The topological polar surface area (TPSA) is 105 Å². The number of piperidine rings is 1. The first-order valence-electron chi connectivity index (χ1n) is 13.3. The molecule has 2 aromatic rings. The second kappa shape index (κ2) is 15.5. The van der Waals surface area contributed by atoms with Gasteiger partial charge in [0.25, 0.3) is 5.91 Å². The molecule has 1 heterocycles. The molecule has 0 spiro atoms. The Labute approximate surface area is 255 Å². The molecule has 0 aliphatic carbocycles. The number of aliphatic carboxylic acids is 1. The summed E-state index contributed by atoms with van der Waals surface area (Å²) in [5, 5.41) is 12.3. The van der Waals surface area contributed by atoms with Gasteiger partial charge in [0.15, 0.2) is 0 Å². The van der Waals surface area contributed by atoms with Gasteiger partial charge in [-0.05, 0) is 93.4 Å². The minimum Gasteiger partial charge on any atom is -1.00 e. The molecule has 1 fully saturated rings. The molecule has 2 amide bonds. The van der Waals surface area contributed by atoms with Gasteiger partial charge in [0.1, 0.15) is 11.6 Å². The van der Waals surface area contributed by atoms with Crippen LogP contribution in [0.15, 0.2) is 42.5 Å². The van der Waals surface area contributed by atoms with E-state index in [-0.39, 0.29) is 32.5 Å². The van der Waals surface area contributed by atoms with Crippen molar-refractivity contribution in [3.05, 3.63) is 59.2 Å². The summed E-state index contributed by atoms with van der Waals surface area (Å²) in [5.74, 6) is -0.823. The largest absolute Gasteiger partial charge is 1.00 e. The Hall–Kier alpha value is -2.44.